The Kier molecular flexibility index (Phi) is 3.91. The summed E-state index contributed by atoms with van der Waals surface area (Å²) < 4.78 is 6.83. The second-order valence-corrected chi connectivity index (χ2v) is 6.66. The number of methoxy groups -OCH3 is 1. The molecule has 2 aromatic heterocycles. The molecule has 0 spiro atoms. The molecule has 25 heavy (non-hydrogen) atoms. The molecule has 4 rings (SSSR count). The zero-order valence-corrected chi connectivity index (χ0v) is 14.5. The van der Waals surface area contributed by atoms with Crippen molar-refractivity contribution in [1.29, 1.82) is 5.26 Å². The summed E-state index contributed by atoms with van der Waals surface area (Å²) in [5.41, 5.74) is 1.57. The van der Waals surface area contributed by atoms with Crippen LogP contribution in [-0.4, -0.2) is 26.9 Å². The molecule has 0 atom stereocenters. The Morgan fingerprint density at radius 2 is 2.16 bits per heavy atom. The van der Waals surface area contributed by atoms with Gasteiger partial charge < -0.3 is 4.74 Å². The SMILES string of the molecule is COCc1nc(Cl)cc(-n2ncc3ccc(C4(C#N)CCC4)cc32)n1. The zero-order chi connectivity index (χ0) is 17.4. The van der Waals surface area contributed by atoms with E-state index in [1.54, 1.807) is 24.1 Å². The lowest BCUT2D eigenvalue weighted by atomic mass is 9.65. The molecule has 6 nitrogen and oxygen atoms in total. The van der Waals surface area contributed by atoms with E-state index in [0.29, 0.717) is 16.8 Å². The maximum atomic E-state index is 9.61. The number of fused-ring (bicyclic) bond motifs is 1. The third-order valence-electron chi connectivity index (χ3n) is 4.76. The fourth-order valence-electron chi connectivity index (χ4n) is 3.25. The number of hydrogen-bond donors (Lipinski definition) is 0. The molecule has 2 heterocycles. The summed E-state index contributed by atoms with van der Waals surface area (Å²) in [6.07, 6.45) is 4.68. The molecule has 1 aliphatic rings. The second-order valence-electron chi connectivity index (χ2n) is 6.28. The van der Waals surface area contributed by atoms with E-state index in [0.717, 1.165) is 35.7 Å². The average Bonchev–Trinajstić information content (AvgIpc) is 2.97. The maximum absolute atomic E-state index is 9.61. The van der Waals surface area contributed by atoms with Crippen molar-refractivity contribution in [3.63, 3.8) is 0 Å². The lowest BCUT2D eigenvalue weighted by molar-refractivity contribution is 0.177. The highest BCUT2D eigenvalue weighted by Crippen LogP contribution is 2.43. The Morgan fingerprint density at radius 1 is 1.32 bits per heavy atom. The molecule has 0 N–H and O–H groups in total. The highest BCUT2D eigenvalue weighted by Gasteiger charge is 2.39. The first-order valence-corrected chi connectivity index (χ1v) is 8.45. The van der Waals surface area contributed by atoms with Crippen LogP contribution >= 0.6 is 11.6 Å². The van der Waals surface area contributed by atoms with Gasteiger partial charge in [0.05, 0.1) is 23.2 Å². The van der Waals surface area contributed by atoms with E-state index in [-0.39, 0.29) is 12.0 Å². The highest BCUT2D eigenvalue weighted by atomic mass is 35.5. The molecule has 0 saturated heterocycles. The van der Waals surface area contributed by atoms with Crippen molar-refractivity contribution in [2.75, 3.05) is 7.11 Å². The minimum atomic E-state index is -0.367. The predicted octanol–water partition coefficient (Wildman–Crippen LogP) is 3.56. The number of ether oxygens (including phenoxy) is 1. The predicted molar refractivity (Wildman–Crippen MR) is 93.5 cm³/mol. The number of nitrogens with zero attached hydrogens (tertiary/aromatic N) is 5. The van der Waals surface area contributed by atoms with Crippen molar-refractivity contribution < 1.29 is 4.74 Å². The van der Waals surface area contributed by atoms with Crippen molar-refractivity contribution in [1.82, 2.24) is 19.7 Å². The Labute approximate surface area is 150 Å². The van der Waals surface area contributed by atoms with Gasteiger partial charge in [-0.05, 0) is 30.9 Å². The molecular weight excluding hydrogens is 338 g/mol. The number of nitriles is 1. The van der Waals surface area contributed by atoms with Crippen LogP contribution in [0.25, 0.3) is 16.7 Å². The summed E-state index contributed by atoms with van der Waals surface area (Å²) in [6, 6.07) is 10.2. The first kappa shape index (κ1) is 16.0. The van der Waals surface area contributed by atoms with Gasteiger partial charge in [0.2, 0.25) is 0 Å². The van der Waals surface area contributed by atoms with Crippen molar-refractivity contribution in [3.8, 4) is 11.9 Å². The van der Waals surface area contributed by atoms with Crippen LogP contribution < -0.4 is 0 Å². The molecular formula is C18H16ClN5O. The normalized spacial score (nSPS) is 15.7. The van der Waals surface area contributed by atoms with Crippen LogP contribution in [0, 0.1) is 11.3 Å². The molecule has 0 bridgehead atoms. The van der Waals surface area contributed by atoms with Gasteiger partial charge in [-0.3, -0.25) is 0 Å². The summed E-state index contributed by atoms with van der Waals surface area (Å²) in [5.74, 6) is 1.08. The lowest BCUT2D eigenvalue weighted by Crippen LogP contribution is -2.32. The summed E-state index contributed by atoms with van der Waals surface area (Å²) in [5, 5.41) is 15.4. The molecule has 3 aromatic rings. The number of benzene rings is 1. The molecule has 1 fully saturated rings. The van der Waals surface area contributed by atoms with Gasteiger partial charge >= 0.3 is 0 Å². The lowest BCUT2D eigenvalue weighted by Gasteiger charge is -2.35. The van der Waals surface area contributed by atoms with Crippen LogP contribution in [0.4, 0.5) is 0 Å². The topological polar surface area (TPSA) is 76.6 Å². The monoisotopic (exact) mass is 353 g/mol. The Morgan fingerprint density at radius 3 is 2.84 bits per heavy atom. The summed E-state index contributed by atoms with van der Waals surface area (Å²) in [6.45, 7) is 0.273. The Balaban J connectivity index is 1.84. The van der Waals surface area contributed by atoms with E-state index in [2.05, 4.69) is 21.1 Å². The smallest absolute Gasteiger partial charge is 0.159 e. The number of rotatable bonds is 4. The van der Waals surface area contributed by atoms with Crippen LogP contribution in [-0.2, 0) is 16.8 Å². The van der Waals surface area contributed by atoms with E-state index >= 15 is 0 Å². The van der Waals surface area contributed by atoms with Gasteiger partial charge in [-0.25, -0.2) is 14.6 Å². The molecule has 0 amide bonds. The van der Waals surface area contributed by atoms with E-state index in [9.17, 15) is 5.26 Å². The van der Waals surface area contributed by atoms with Crippen LogP contribution in [0.5, 0.6) is 0 Å². The van der Waals surface area contributed by atoms with Crippen LogP contribution in [0.15, 0.2) is 30.5 Å². The fourth-order valence-corrected chi connectivity index (χ4v) is 3.44. The van der Waals surface area contributed by atoms with Crippen molar-refractivity contribution in [3.05, 3.63) is 47.0 Å². The second kappa shape index (κ2) is 6.10. The molecule has 0 radical (unpaired) electrons. The number of aromatic nitrogens is 4. The summed E-state index contributed by atoms with van der Waals surface area (Å²) in [7, 11) is 1.58. The number of halogens is 1. The molecule has 0 unspecified atom stereocenters. The van der Waals surface area contributed by atoms with Crippen LogP contribution in [0.1, 0.15) is 30.7 Å². The molecule has 0 aliphatic heterocycles. The summed E-state index contributed by atoms with van der Waals surface area (Å²) in [4.78, 5) is 8.63. The van der Waals surface area contributed by atoms with E-state index in [1.807, 2.05) is 18.2 Å². The standard InChI is InChI=1S/C18H16ClN5O/c1-25-10-16-22-15(19)8-17(23-16)24-14-7-13(4-3-12(14)9-21-24)18(11-20)5-2-6-18/h3-4,7-9H,2,5-6,10H2,1H3. The zero-order valence-electron chi connectivity index (χ0n) is 13.7. The van der Waals surface area contributed by atoms with E-state index in [4.69, 9.17) is 16.3 Å². The molecule has 126 valence electrons. The van der Waals surface area contributed by atoms with Gasteiger partial charge in [0.1, 0.15) is 11.8 Å². The Hall–Kier alpha value is -2.49. The molecule has 7 heteroatoms. The third kappa shape index (κ3) is 2.66. The van der Waals surface area contributed by atoms with E-state index in [1.165, 1.54) is 0 Å². The minimum absolute atomic E-state index is 0.273. The van der Waals surface area contributed by atoms with Crippen LogP contribution in [0.3, 0.4) is 0 Å². The quantitative estimate of drug-likeness (QED) is 0.670. The molecule has 1 aliphatic carbocycles. The Bertz CT molecular complexity index is 987. The van der Waals surface area contributed by atoms with Crippen molar-refractivity contribution >= 4 is 22.5 Å². The maximum Gasteiger partial charge on any atom is 0.159 e. The summed E-state index contributed by atoms with van der Waals surface area (Å²) >= 11 is 6.12. The van der Waals surface area contributed by atoms with Crippen molar-refractivity contribution in [2.24, 2.45) is 0 Å². The van der Waals surface area contributed by atoms with Crippen molar-refractivity contribution in [2.45, 2.75) is 31.3 Å². The van der Waals surface area contributed by atoms with Crippen LogP contribution in [0.2, 0.25) is 5.15 Å². The molecule has 1 saturated carbocycles. The van der Waals surface area contributed by atoms with Gasteiger partial charge in [-0.1, -0.05) is 23.7 Å². The van der Waals surface area contributed by atoms with Gasteiger partial charge in [0, 0.05) is 18.6 Å². The van der Waals surface area contributed by atoms with E-state index < -0.39 is 0 Å². The number of hydrogen-bond acceptors (Lipinski definition) is 5. The largest absolute Gasteiger partial charge is 0.377 e. The van der Waals surface area contributed by atoms with Gasteiger partial charge in [-0.2, -0.15) is 10.4 Å². The highest BCUT2D eigenvalue weighted by molar-refractivity contribution is 6.29. The first-order valence-electron chi connectivity index (χ1n) is 8.07. The fraction of sp³-hybridized carbons (Fsp3) is 0.333. The average molecular weight is 354 g/mol. The minimum Gasteiger partial charge on any atom is -0.377 e. The van der Waals surface area contributed by atoms with Gasteiger partial charge in [0.15, 0.2) is 11.6 Å². The first-order chi connectivity index (χ1) is 12.1. The van der Waals surface area contributed by atoms with Gasteiger partial charge in [0.25, 0.3) is 0 Å². The third-order valence-corrected chi connectivity index (χ3v) is 4.96. The molecule has 1 aromatic carbocycles. The van der Waals surface area contributed by atoms with Gasteiger partial charge in [-0.15, -0.1) is 0 Å².